The summed E-state index contributed by atoms with van der Waals surface area (Å²) in [6, 6.07) is 13.8. The van der Waals surface area contributed by atoms with Crippen LogP contribution in [-0.4, -0.2) is 23.7 Å². The van der Waals surface area contributed by atoms with Crippen molar-refractivity contribution in [3.05, 3.63) is 70.8 Å². The summed E-state index contributed by atoms with van der Waals surface area (Å²) in [6.45, 7) is 1.84. The van der Waals surface area contributed by atoms with Crippen LogP contribution in [0.5, 0.6) is 0 Å². The Morgan fingerprint density at radius 2 is 1.77 bits per heavy atom. The van der Waals surface area contributed by atoms with Crippen molar-refractivity contribution in [1.29, 1.82) is 0 Å². The van der Waals surface area contributed by atoms with Crippen LogP contribution in [0.2, 0.25) is 0 Å². The van der Waals surface area contributed by atoms with Gasteiger partial charge in [0.25, 0.3) is 0 Å². The molecule has 0 atom stereocenters. The van der Waals surface area contributed by atoms with Gasteiger partial charge in [-0.2, -0.15) is 0 Å². The Labute approximate surface area is 128 Å². The molecule has 0 bridgehead atoms. The van der Waals surface area contributed by atoms with Crippen molar-refractivity contribution in [2.75, 3.05) is 6.61 Å². The lowest BCUT2D eigenvalue weighted by atomic mass is 10.0. The first kappa shape index (κ1) is 15.3. The molecule has 2 aromatic carbocycles. The second-order valence-electron chi connectivity index (χ2n) is 4.37. The first-order chi connectivity index (χ1) is 10.6. The number of hydrogen-bond acceptors (Lipinski definition) is 3. The Kier molecular flexibility index (Phi) is 4.94. The number of aromatic carboxylic acids is 1. The highest BCUT2D eigenvalue weighted by atomic mass is 16.5. The molecule has 110 valence electrons. The summed E-state index contributed by atoms with van der Waals surface area (Å²) in [4.78, 5) is 23.3. The van der Waals surface area contributed by atoms with Gasteiger partial charge in [0.05, 0.1) is 17.7 Å². The summed E-state index contributed by atoms with van der Waals surface area (Å²) >= 11 is 0. The van der Waals surface area contributed by atoms with Crippen molar-refractivity contribution in [3.8, 4) is 11.8 Å². The molecule has 0 aromatic heterocycles. The molecule has 0 amide bonds. The van der Waals surface area contributed by atoms with Crippen LogP contribution in [0.15, 0.2) is 48.5 Å². The molecular weight excluding hydrogens is 280 g/mol. The standard InChI is InChI=1S/C18H14O4/c1-2-22-18(21)15-10-6-9-14(16(15)17(19)20)12-11-13-7-4-3-5-8-13/h3-10H,2H2,1H3,(H,19,20). The highest BCUT2D eigenvalue weighted by Gasteiger charge is 2.20. The average molecular weight is 294 g/mol. The van der Waals surface area contributed by atoms with Crippen LogP contribution in [0.4, 0.5) is 0 Å². The van der Waals surface area contributed by atoms with Crippen LogP contribution >= 0.6 is 0 Å². The summed E-state index contributed by atoms with van der Waals surface area (Å²) in [5, 5.41) is 9.39. The zero-order valence-corrected chi connectivity index (χ0v) is 12.0. The Morgan fingerprint density at radius 3 is 2.41 bits per heavy atom. The SMILES string of the molecule is CCOC(=O)c1cccc(C#Cc2ccccc2)c1C(=O)O. The molecular formula is C18H14O4. The van der Waals surface area contributed by atoms with E-state index in [1.165, 1.54) is 6.07 Å². The van der Waals surface area contributed by atoms with Crippen LogP contribution in [0.1, 0.15) is 38.8 Å². The van der Waals surface area contributed by atoms with E-state index in [0.29, 0.717) is 0 Å². The van der Waals surface area contributed by atoms with E-state index in [2.05, 4.69) is 11.8 Å². The molecule has 22 heavy (non-hydrogen) atoms. The number of esters is 1. The van der Waals surface area contributed by atoms with E-state index >= 15 is 0 Å². The first-order valence-electron chi connectivity index (χ1n) is 6.74. The summed E-state index contributed by atoms with van der Waals surface area (Å²) in [7, 11) is 0. The Bertz CT molecular complexity index is 752. The minimum absolute atomic E-state index is 0.00853. The molecule has 0 aliphatic carbocycles. The average Bonchev–Trinajstić information content (AvgIpc) is 2.53. The van der Waals surface area contributed by atoms with Gasteiger partial charge in [-0.25, -0.2) is 9.59 Å². The molecule has 1 N–H and O–H groups in total. The molecule has 0 unspecified atom stereocenters. The largest absolute Gasteiger partial charge is 0.478 e. The fourth-order valence-electron chi connectivity index (χ4n) is 1.93. The van der Waals surface area contributed by atoms with Gasteiger partial charge in [0.2, 0.25) is 0 Å². The Balaban J connectivity index is 2.48. The predicted octanol–water partition coefficient (Wildman–Crippen LogP) is 2.96. The molecule has 0 heterocycles. The number of carbonyl (C=O) groups is 2. The van der Waals surface area contributed by atoms with E-state index in [1.807, 2.05) is 30.3 Å². The highest BCUT2D eigenvalue weighted by molar-refractivity contribution is 6.04. The van der Waals surface area contributed by atoms with E-state index in [-0.39, 0.29) is 23.3 Å². The van der Waals surface area contributed by atoms with Crippen LogP contribution in [0.3, 0.4) is 0 Å². The van der Waals surface area contributed by atoms with E-state index in [9.17, 15) is 14.7 Å². The third-order valence-electron chi connectivity index (χ3n) is 2.89. The van der Waals surface area contributed by atoms with Crippen molar-refractivity contribution in [2.24, 2.45) is 0 Å². The van der Waals surface area contributed by atoms with Crippen molar-refractivity contribution in [3.63, 3.8) is 0 Å². The molecule has 0 saturated heterocycles. The molecule has 2 rings (SSSR count). The summed E-state index contributed by atoms with van der Waals surface area (Å²) in [5.74, 6) is 3.83. The van der Waals surface area contributed by atoms with Gasteiger partial charge in [-0.05, 0) is 31.2 Å². The molecule has 0 aliphatic heterocycles. The molecule has 4 nitrogen and oxygen atoms in total. The summed E-state index contributed by atoms with van der Waals surface area (Å²) in [6.07, 6.45) is 0. The molecule has 0 saturated carbocycles. The zero-order chi connectivity index (χ0) is 15.9. The minimum Gasteiger partial charge on any atom is -0.478 e. The molecule has 0 radical (unpaired) electrons. The lowest BCUT2D eigenvalue weighted by Gasteiger charge is -2.07. The van der Waals surface area contributed by atoms with Gasteiger partial charge in [0, 0.05) is 11.1 Å². The van der Waals surface area contributed by atoms with Crippen LogP contribution < -0.4 is 0 Å². The van der Waals surface area contributed by atoms with Crippen molar-refractivity contribution >= 4 is 11.9 Å². The maximum Gasteiger partial charge on any atom is 0.339 e. The van der Waals surface area contributed by atoms with E-state index in [0.717, 1.165) is 5.56 Å². The smallest absolute Gasteiger partial charge is 0.339 e. The number of carboxylic acid groups (broad SMARTS) is 1. The molecule has 0 fully saturated rings. The monoisotopic (exact) mass is 294 g/mol. The third kappa shape index (κ3) is 3.53. The van der Waals surface area contributed by atoms with E-state index in [4.69, 9.17) is 4.74 Å². The number of benzene rings is 2. The maximum atomic E-state index is 11.9. The number of hydrogen-bond donors (Lipinski definition) is 1. The predicted molar refractivity (Wildman–Crippen MR) is 81.8 cm³/mol. The highest BCUT2D eigenvalue weighted by Crippen LogP contribution is 2.16. The van der Waals surface area contributed by atoms with Gasteiger partial charge < -0.3 is 9.84 Å². The second kappa shape index (κ2) is 7.09. The number of carboxylic acids is 1. The van der Waals surface area contributed by atoms with Crippen LogP contribution in [-0.2, 0) is 4.74 Å². The molecule has 2 aromatic rings. The normalized spacial score (nSPS) is 9.50. The second-order valence-corrected chi connectivity index (χ2v) is 4.37. The Hall–Kier alpha value is -3.06. The van der Waals surface area contributed by atoms with Crippen LogP contribution in [0.25, 0.3) is 0 Å². The van der Waals surface area contributed by atoms with E-state index < -0.39 is 11.9 Å². The van der Waals surface area contributed by atoms with Gasteiger partial charge in [0.15, 0.2) is 0 Å². The Morgan fingerprint density at radius 1 is 1.05 bits per heavy atom. The van der Waals surface area contributed by atoms with Gasteiger partial charge >= 0.3 is 11.9 Å². The van der Waals surface area contributed by atoms with Gasteiger partial charge in [0.1, 0.15) is 0 Å². The molecule has 4 heteroatoms. The van der Waals surface area contributed by atoms with Crippen molar-refractivity contribution < 1.29 is 19.4 Å². The lowest BCUT2D eigenvalue weighted by molar-refractivity contribution is 0.0514. The van der Waals surface area contributed by atoms with Gasteiger partial charge in [-0.15, -0.1) is 0 Å². The van der Waals surface area contributed by atoms with E-state index in [1.54, 1.807) is 19.1 Å². The van der Waals surface area contributed by atoms with Crippen molar-refractivity contribution in [2.45, 2.75) is 6.92 Å². The molecule has 0 spiro atoms. The summed E-state index contributed by atoms with van der Waals surface area (Å²) in [5.41, 5.74) is 0.917. The van der Waals surface area contributed by atoms with Gasteiger partial charge in [-0.3, -0.25) is 0 Å². The quantitative estimate of drug-likeness (QED) is 0.698. The fraction of sp³-hybridized carbons (Fsp3) is 0.111. The third-order valence-corrected chi connectivity index (χ3v) is 2.89. The van der Waals surface area contributed by atoms with Crippen molar-refractivity contribution in [1.82, 2.24) is 0 Å². The lowest BCUT2D eigenvalue weighted by Crippen LogP contribution is -2.13. The van der Waals surface area contributed by atoms with Gasteiger partial charge in [-0.1, -0.05) is 36.1 Å². The maximum absolute atomic E-state index is 11.9. The number of carbonyl (C=O) groups excluding carboxylic acids is 1. The number of ether oxygens (including phenoxy) is 1. The number of rotatable bonds is 3. The summed E-state index contributed by atoms with van der Waals surface area (Å²) < 4.78 is 4.89. The zero-order valence-electron chi connectivity index (χ0n) is 12.0. The topological polar surface area (TPSA) is 63.6 Å². The first-order valence-corrected chi connectivity index (χ1v) is 6.74. The minimum atomic E-state index is -1.21. The fourth-order valence-corrected chi connectivity index (χ4v) is 1.93. The van der Waals surface area contributed by atoms with Crippen LogP contribution in [0, 0.1) is 11.8 Å². The molecule has 0 aliphatic rings.